The van der Waals surface area contributed by atoms with Gasteiger partial charge in [0.15, 0.2) is 0 Å². The molecule has 1 amide bonds. The highest BCUT2D eigenvalue weighted by Crippen LogP contribution is 2.10. The van der Waals surface area contributed by atoms with Crippen LogP contribution in [-0.4, -0.2) is 38.9 Å². The maximum absolute atomic E-state index is 12.1. The van der Waals surface area contributed by atoms with Crippen LogP contribution < -0.4 is 5.32 Å². The lowest BCUT2D eigenvalue weighted by molar-refractivity contribution is -0.117. The summed E-state index contributed by atoms with van der Waals surface area (Å²) in [7, 11) is 1.92. The van der Waals surface area contributed by atoms with Gasteiger partial charge in [-0.2, -0.15) is 0 Å². The number of amides is 1. The van der Waals surface area contributed by atoms with Gasteiger partial charge in [-0.1, -0.05) is 30.3 Å². The highest BCUT2D eigenvalue weighted by atomic mass is 16.2. The standard InChI is InChI=1S/C18H19N5O/c1-22(12-15-5-3-2-4-6-15)13-18(24)21-16-7-8-17(20-11-16)23-10-9-19-14-23/h2-11,14H,12-13H2,1H3,(H,21,24). The van der Waals surface area contributed by atoms with Crippen LogP contribution >= 0.6 is 0 Å². The zero-order valence-corrected chi connectivity index (χ0v) is 13.5. The quantitative estimate of drug-likeness (QED) is 0.757. The maximum atomic E-state index is 12.1. The molecule has 0 saturated carbocycles. The lowest BCUT2D eigenvalue weighted by atomic mass is 10.2. The third-order valence-electron chi connectivity index (χ3n) is 3.51. The molecule has 0 bridgehead atoms. The highest BCUT2D eigenvalue weighted by molar-refractivity contribution is 5.92. The topological polar surface area (TPSA) is 63.1 Å². The van der Waals surface area contributed by atoms with E-state index >= 15 is 0 Å². The summed E-state index contributed by atoms with van der Waals surface area (Å²) in [6.45, 7) is 1.05. The number of carbonyl (C=O) groups is 1. The molecule has 1 aromatic carbocycles. The van der Waals surface area contributed by atoms with Gasteiger partial charge in [0, 0.05) is 18.9 Å². The van der Waals surface area contributed by atoms with E-state index in [4.69, 9.17) is 0 Å². The number of aromatic nitrogens is 3. The molecule has 0 atom stereocenters. The van der Waals surface area contributed by atoms with Crippen LogP contribution in [0.4, 0.5) is 5.69 Å². The van der Waals surface area contributed by atoms with E-state index < -0.39 is 0 Å². The molecule has 6 heteroatoms. The summed E-state index contributed by atoms with van der Waals surface area (Å²) in [4.78, 5) is 22.4. The van der Waals surface area contributed by atoms with E-state index in [1.165, 1.54) is 5.56 Å². The average molecular weight is 321 g/mol. The first kappa shape index (κ1) is 15.9. The summed E-state index contributed by atoms with van der Waals surface area (Å²) in [5.74, 6) is 0.692. The van der Waals surface area contributed by atoms with Crippen molar-refractivity contribution in [3.05, 3.63) is 72.9 Å². The molecule has 0 aliphatic carbocycles. The Kier molecular flexibility index (Phi) is 4.98. The second-order valence-electron chi connectivity index (χ2n) is 5.58. The number of hydrogen-bond donors (Lipinski definition) is 1. The number of nitrogens with one attached hydrogen (secondary N) is 1. The number of pyridine rings is 1. The van der Waals surface area contributed by atoms with Crippen LogP contribution in [0, 0.1) is 0 Å². The molecule has 6 nitrogen and oxygen atoms in total. The van der Waals surface area contributed by atoms with Crippen molar-refractivity contribution in [2.75, 3.05) is 18.9 Å². The van der Waals surface area contributed by atoms with Crippen LogP contribution in [0.3, 0.4) is 0 Å². The highest BCUT2D eigenvalue weighted by Gasteiger charge is 2.08. The fourth-order valence-electron chi connectivity index (χ4n) is 2.40. The number of anilines is 1. The minimum atomic E-state index is -0.0642. The zero-order valence-electron chi connectivity index (χ0n) is 13.5. The van der Waals surface area contributed by atoms with Crippen molar-refractivity contribution < 1.29 is 4.79 Å². The Labute approximate surface area is 140 Å². The molecule has 3 rings (SSSR count). The van der Waals surface area contributed by atoms with Gasteiger partial charge >= 0.3 is 0 Å². The molecule has 0 saturated heterocycles. The van der Waals surface area contributed by atoms with E-state index in [9.17, 15) is 4.79 Å². The number of hydrogen-bond acceptors (Lipinski definition) is 4. The van der Waals surface area contributed by atoms with E-state index in [1.807, 2.05) is 60.6 Å². The molecular formula is C18H19N5O. The fourth-order valence-corrected chi connectivity index (χ4v) is 2.40. The number of imidazole rings is 1. The fraction of sp³-hybridized carbons (Fsp3) is 0.167. The first-order valence-electron chi connectivity index (χ1n) is 7.67. The third-order valence-corrected chi connectivity index (χ3v) is 3.51. The van der Waals surface area contributed by atoms with Crippen molar-refractivity contribution in [1.29, 1.82) is 0 Å². The molecule has 0 aliphatic heterocycles. The molecule has 0 unspecified atom stereocenters. The number of likely N-dealkylation sites (N-methyl/N-ethyl adjacent to an activating group) is 1. The first-order valence-corrected chi connectivity index (χ1v) is 7.67. The van der Waals surface area contributed by atoms with Gasteiger partial charge in [-0.15, -0.1) is 0 Å². The number of rotatable bonds is 6. The van der Waals surface area contributed by atoms with Crippen molar-refractivity contribution in [2.24, 2.45) is 0 Å². The molecule has 122 valence electrons. The smallest absolute Gasteiger partial charge is 0.238 e. The van der Waals surface area contributed by atoms with E-state index in [0.717, 1.165) is 12.4 Å². The Morgan fingerprint density at radius 2 is 2.04 bits per heavy atom. The third kappa shape index (κ3) is 4.27. The summed E-state index contributed by atoms with van der Waals surface area (Å²) in [6, 6.07) is 13.7. The molecule has 0 aliphatic rings. The van der Waals surface area contributed by atoms with Crippen molar-refractivity contribution in [3.8, 4) is 5.82 Å². The minimum absolute atomic E-state index is 0.0642. The summed E-state index contributed by atoms with van der Waals surface area (Å²) < 4.78 is 1.80. The van der Waals surface area contributed by atoms with Crippen molar-refractivity contribution >= 4 is 11.6 Å². The van der Waals surface area contributed by atoms with E-state index in [-0.39, 0.29) is 5.91 Å². The van der Waals surface area contributed by atoms with Gasteiger partial charge in [-0.25, -0.2) is 9.97 Å². The molecule has 0 radical (unpaired) electrons. The predicted octanol–water partition coefficient (Wildman–Crippen LogP) is 2.34. The van der Waals surface area contributed by atoms with Crippen molar-refractivity contribution in [2.45, 2.75) is 6.54 Å². The molecule has 2 heterocycles. The molecule has 0 spiro atoms. The Morgan fingerprint density at radius 3 is 2.71 bits per heavy atom. The van der Waals surface area contributed by atoms with E-state index in [2.05, 4.69) is 15.3 Å². The van der Waals surface area contributed by atoms with Crippen LogP contribution in [0.5, 0.6) is 0 Å². The summed E-state index contributed by atoms with van der Waals surface area (Å²) in [5.41, 5.74) is 1.86. The van der Waals surface area contributed by atoms with Crippen molar-refractivity contribution in [3.63, 3.8) is 0 Å². The normalized spacial score (nSPS) is 10.8. The number of benzene rings is 1. The number of nitrogens with zero attached hydrogens (tertiary/aromatic N) is 4. The lowest BCUT2D eigenvalue weighted by Gasteiger charge is -2.16. The molecule has 0 fully saturated rings. The molecule has 3 aromatic rings. The number of carbonyl (C=O) groups excluding carboxylic acids is 1. The van der Waals surface area contributed by atoms with Crippen molar-refractivity contribution in [1.82, 2.24) is 19.4 Å². The SMILES string of the molecule is CN(CC(=O)Nc1ccc(-n2ccnc2)nc1)Cc1ccccc1. The molecular weight excluding hydrogens is 302 g/mol. The Morgan fingerprint density at radius 1 is 1.21 bits per heavy atom. The summed E-state index contributed by atoms with van der Waals surface area (Å²) in [5, 5.41) is 2.86. The predicted molar refractivity (Wildman–Crippen MR) is 92.8 cm³/mol. The van der Waals surface area contributed by atoms with Crippen LogP contribution in [0.2, 0.25) is 0 Å². The van der Waals surface area contributed by atoms with Crippen LogP contribution in [0.25, 0.3) is 5.82 Å². The molecule has 2 aromatic heterocycles. The Bertz CT molecular complexity index is 769. The monoisotopic (exact) mass is 321 g/mol. The summed E-state index contributed by atoms with van der Waals surface area (Å²) >= 11 is 0. The van der Waals surface area contributed by atoms with Gasteiger partial charge in [0.2, 0.25) is 5.91 Å². The van der Waals surface area contributed by atoms with Gasteiger partial charge in [0.1, 0.15) is 12.1 Å². The maximum Gasteiger partial charge on any atom is 0.238 e. The van der Waals surface area contributed by atoms with Gasteiger partial charge in [-0.3, -0.25) is 14.3 Å². The second kappa shape index (κ2) is 7.52. The minimum Gasteiger partial charge on any atom is -0.324 e. The van der Waals surface area contributed by atoms with Gasteiger partial charge < -0.3 is 5.32 Å². The van der Waals surface area contributed by atoms with Crippen LogP contribution in [-0.2, 0) is 11.3 Å². The zero-order chi connectivity index (χ0) is 16.8. The van der Waals surface area contributed by atoms with Crippen LogP contribution in [0.15, 0.2) is 67.4 Å². The van der Waals surface area contributed by atoms with Gasteiger partial charge in [0.25, 0.3) is 0 Å². The molecule has 1 N–H and O–H groups in total. The average Bonchev–Trinajstić information content (AvgIpc) is 3.10. The molecule has 24 heavy (non-hydrogen) atoms. The Hall–Kier alpha value is -2.99. The lowest BCUT2D eigenvalue weighted by Crippen LogP contribution is -2.29. The first-order chi connectivity index (χ1) is 11.7. The summed E-state index contributed by atoms with van der Waals surface area (Å²) in [6.07, 6.45) is 6.84. The second-order valence-corrected chi connectivity index (χ2v) is 5.58. The largest absolute Gasteiger partial charge is 0.324 e. The van der Waals surface area contributed by atoms with Gasteiger partial charge in [-0.05, 0) is 24.7 Å². The van der Waals surface area contributed by atoms with E-state index in [0.29, 0.717) is 12.2 Å². The van der Waals surface area contributed by atoms with Crippen LogP contribution in [0.1, 0.15) is 5.56 Å². The van der Waals surface area contributed by atoms with E-state index in [1.54, 1.807) is 23.3 Å². The van der Waals surface area contributed by atoms with Gasteiger partial charge in [0.05, 0.1) is 18.4 Å². The Balaban J connectivity index is 1.53.